The van der Waals surface area contributed by atoms with Gasteiger partial charge in [0.2, 0.25) is 0 Å². The maximum Gasteiger partial charge on any atom is 0.335 e. The van der Waals surface area contributed by atoms with Crippen LogP contribution in [0.3, 0.4) is 0 Å². The second-order valence-electron chi connectivity index (χ2n) is 4.07. The molecule has 5 heteroatoms. The number of hydrogen-bond donors (Lipinski definition) is 1. The Morgan fingerprint density at radius 3 is 2.72 bits per heavy atom. The van der Waals surface area contributed by atoms with E-state index in [0.29, 0.717) is 5.56 Å². The summed E-state index contributed by atoms with van der Waals surface area (Å²) < 4.78 is 0. The first-order valence-corrected chi connectivity index (χ1v) is 7.61. The van der Waals surface area contributed by atoms with Crippen LogP contribution in [0, 0.1) is 0 Å². The number of benzene rings is 1. The van der Waals surface area contributed by atoms with Gasteiger partial charge in [-0.25, -0.2) is 9.78 Å². The Bertz CT molecular complexity index is 566. The molecule has 2 aromatic rings. The van der Waals surface area contributed by atoms with Gasteiger partial charge in [-0.1, -0.05) is 12.1 Å². The molecule has 0 aliphatic carbocycles. The summed E-state index contributed by atoms with van der Waals surface area (Å²) in [6, 6.07) is 6.93. The molecular weight excluding hydrogens is 266 g/mol. The van der Waals surface area contributed by atoms with E-state index >= 15 is 0 Å². The first-order valence-electron chi connectivity index (χ1n) is 5.64. The molecule has 0 unspecified atom stereocenters. The van der Waals surface area contributed by atoms with Gasteiger partial charge in [0.15, 0.2) is 0 Å². The monoisotopic (exact) mass is 277 g/mol. The molecule has 0 saturated carbocycles. The van der Waals surface area contributed by atoms with Crippen LogP contribution in [0.15, 0.2) is 24.3 Å². The van der Waals surface area contributed by atoms with E-state index < -0.39 is 5.97 Å². The minimum absolute atomic E-state index is 0.315. The molecule has 92 valence electrons. The van der Waals surface area contributed by atoms with Gasteiger partial charge in [-0.15, -0.1) is 11.3 Å². The number of nitrogens with zero attached hydrogens (tertiary/aromatic N) is 1. The Balaban J connectivity index is 1.94. The summed E-state index contributed by atoms with van der Waals surface area (Å²) in [5, 5.41) is 9.86. The molecule has 2 heterocycles. The number of hydrogen-bond acceptors (Lipinski definition) is 4. The Labute approximate surface area is 113 Å². The van der Waals surface area contributed by atoms with E-state index in [-0.39, 0.29) is 0 Å². The van der Waals surface area contributed by atoms with Crippen molar-refractivity contribution in [3.05, 3.63) is 40.4 Å². The minimum atomic E-state index is -0.892. The van der Waals surface area contributed by atoms with Gasteiger partial charge in [-0.05, 0) is 24.3 Å². The first-order chi connectivity index (χ1) is 8.74. The van der Waals surface area contributed by atoms with E-state index in [4.69, 9.17) is 5.11 Å². The molecule has 1 N–H and O–H groups in total. The zero-order chi connectivity index (χ0) is 12.5. The zero-order valence-electron chi connectivity index (χ0n) is 9.55. The molecule has 0 spiro atoms. The lowest BCUT2D eigenvalue weighted by Gasteiger charge is -2.06. The zero-order valence-corrected chi connectivity index (χ0v) is 11.2. The topological polar surface area (TPSA) is 50.2 Å². The molecule has 0 saturated heterocycles. The fourth-order valence-corrected chi connectivity index (χ4v) is 4.13. The molecule has 0 radical (unpaired) electrons. The molecule has 0 fully saturated rings. The number of thioether (sulfide) groups is 1. The molecule has 3 rings (SSSR count). The van der Waals surface area contributed by atoms with Gasteiger partial charge in [0, 0.05) is 16.2 Å². The lowest BCUT2D eigenvalue weighted by molar-refractivity contribution is 0.0697. The summed E-state index contributed by atoms with van der Waals surface area (Å²) in [7, 11) is 0. The number of thiazole rings is 1. The maximum absolute atomic E-state index is 10.8. The van der Waals surface area contributed by atoms with Crippen LogP contribution in [0.25, 0.3) is 10.6 Å². The number of rotatable bonds is 2. The fourth-order valence-electron chi connectivity index (χ4n) is 1.90. The van der Waals surface area contributed by atoms with Gasteiger partial charge in [-0.2, -0.15) is 11.8 Å². The van der Waals surface area contributed by atoms with Crippen molar-refractivity contribution in [2.75, 3.05) is 5.75 Å². The normalized spacial score (nSPS) is 14.2. The summed E-state index contributed by atoms with van der Waals surface area (Å²) in [5.41, 5.74) is 2.54. The van der Waals surface area contributed by atoms with E-state index in [0.717, 1.165) is 28.5 Å². The third-order valence-electron chi connectivity index (χ3n) is 2.87. The van der Waals surface area contributed by atoms with Crippen LogP contribution in [-0.4, -0.2) is 21.8 Å². The van der Waals surface area contributed by atoms with Crippen LogP contribution < -0.4 is 0 Å². The molecular formula is C13H11NO2S2. The van der Waals surface area contributed by atoms with Gasteiger partial charge in [0.25, 0.3) is 0 Å². The Hall–Kier alpha value is -1.33. The predicted molar refractivity (Wildman–Crippen MR) is 74.4 cm³/mol. The number of carbonyl (C=O) groups is 1. The Kier molecular flexibility index (Phi) is 3.09. The van der Waals surface area contributed by atoms with Crippen molar-refractivity contribution in [3.63, 3.8) is 0 Å². The highest BCUT2D eigenvalue weighted by atomic mass is 32.2. The lowest BCUT2D eigenvalue weighted by atomic mass is 10.1. The molecule has 3 nitrogen and oxygen atoms in total. The third-order valence-corrected chi connectivity index (χ3v) is 5.19. The summed E-state index contributed by atoms with van der Waals surface area (Å²) >= 11 is 3.67. The second kappa shape index (κ2) is 4.74. The summed E-state index contributed by atoms with van der Waals surface area (Å²) in [6.45, 7) is 0. The quantitative estimate of drug-likeness (QED) is 0.915. The Morgan fingerprint density at radius 2 is 2.06 bits per heavy atom. The highest BCUT2D eigenvalue weighted by Crippen LogP contribution is 2.34. The molecule has 0 bridgehead atoms. The van der Waals surface area contributed by atoms with Crippen LogP contribution in [0.5, 0.6) is 0 Å². The smallest absolute Gasteiger partial charge is 0.335 e. The van der Waals surface area contributed by atoms with Crippen molar-refractivity contribution < 1.29 is 9.90 Å². The fraction of sp³-hybridized carbons (Fsp3) is 0.231. The number of aromatic carboxylic acids is 1. The van der Waals surface area contributed by atoms with Crippen molar-refractivity contribution in [2.24, 2.45) is 0 Å². The molecule has 1 aromatic heterocycles. The van der Waals surface area contributed by atoms with Gasteiger partial charge in [-0.3, -0.25) is 0 Å². The Morgan fingerprint density at radius 1 is 1.28 bits per heavy atom. The van der Waals surface area contributed by atoms with E-state index in [1.165, 1.54) is 10.6 Å². The number of aromatic nitrogens is 1. The van der Waals surface area contributed by atoms with Crippen LogP contribution in [0.1, 0.15) is 20.9 Å². The van der Waals surface area contributed by atoms with Crippen LogP contribution in [-0.2, 0) is 12.2 Å². The first kappa shape index (κ1) is 11.7. The summed E-state index contributed by atoms with van der Waals surface area (Å²) in [4.78, 5) is 16.8. The van der Waals surface area contributed by atoms with Crippen LogP contribution >= 0.6 is 23.1 Å². The summed E-state index contributed by atoms with van der Waals surface area (Å²) in [5.74, 6) is 1.31. The highest BCUT2D eigenvalue weighted by molar-refractivity contribution is 7.98. The number of carboxylic acid groups (broad SMARTS) is 1. The largest absolute Gasteiger partial charge is 0.478 e. The third kappa shape index (κ3) is 2.15. The average Bonchev–Trinajstić information content (AvgIpc) is 2.82. The molecule has 0 atom stereocenters. The van der Waals surface area contributed by atoms with E-state index in [2.05, 4.69) is 4.98 Å². The standard InChI is InChI=1S/C13H11NO2S2/c15-13(16)9-3-1-8(2-4-9)12-14-10-5-6-17-7-11(10)18-12/h1-4H,5-7H2,(H,15,16). The molecule has 1 aliphatic heterocycles. The summed E-state index contributed by atoms with van der Waals surface area (Å²) in [6.07, 6.45) is 1.05. The predicted octanol–water partition coefficient (Wildman–Crippen LogP) is 3.30. The van der Waals surface area contributed by atoms with Crippen LogP contribution in [0.4, 0.5) is 0 Å². The van der Waals surface area contributed by atoms with Crippen LogP contribution in [0.2, 0.25) is 0 Å². The van der Waals surface area contributed by atoms with Crippen molar-refractivity contribution >= 4 is 29.1 Å². The highest BCUT2D eigenvalue weighted by Gasteiger charge is 2.16. The average molecular weight is 277 g/mol. The molecule has 1 aromatic carbocycles. The van der Waals surface area contributed by atoms with Gasteiger partial charge >= 0.3 is 5.97 Å². The maximum atomic E-state index is 10.8. The van der Waals surface area contributed by atoms with Gasteiger partial charge in [0.05, 0.1) is 11.3 Å². The second-order valence-corrected chi connectivity index (χ2v) is 6.26. The lowest BCUT2D eigenvalue weighted by Crippen LogP contribution is -1.99. The van der Waals surface area contributed by atoms with Gasteiger partial charge < -0.3 is 5.11 Å². The molecule has 18 heavy (non-hydrogen) atoms. The number of fused-ring (bicyclic) bond motifs is 1. The van der Waals surface area contributed by atoms with E-state index in [1.807, 2.05) is 23.9 Å². The SMILES string of the molecule is O=C(O)c1ccc(-c2nc3c(s2)CSCC3)cc1. The van der Waals surface area contributed by atoms with E-state index in [9.17, 15) is 4.79 Å². The van der Waals surface area contributed by atoms with E-state index in [1.54, 1.807) is 23.5 Å². The number of carboxylic acids is 1. The van der Waals surface area contributed by atoms with Crippen molar-refractivity contribution in [3.8, 4) is 10.6 Å². The molecule has 1 aliphatic rings. The molecule has 0 amide bonds. The van der Waals surface area contributed by atoms with Crippen molar-refractivity contribution in [1.29, 1.82) is 0 Å². The van der Waals surface area contributed by atoms with Gasteiger partial charge in [0.1, 0.15) is 5.01 Å². The minimum Gasteiger partial charge on any atom is -0.478 e. The van der Waals surface area contributed by atoms with Crippen molar-refractivity contribution in [2.45, 2.75) is 12.2 Å². The number of aryl methyl sites for hydroxylation is 1. The van der Waals surface area contributed by atoms with Crippen molar-refractivity contribution in [1.82, 2.24) is 4.98 Å².